The molecule has 0 aliphatic heterocycles. The molecule has 3 rings (SSSR count). The monoisotopic (exact) mass is 305 g/mol. The van der Waals surface area contributed by atoms with Gasteiger partial charge < -0.3 is 0 Å². The molecule has 3 aromatic rings. The van der Waals surface area contributed by atoms with Crippen molar-refractivity contribution in [2.24, 2.45) is 0 Å². The molecule has 0 fully saturated rings. The van der Waals surface area contributed by atoms with Crippen molar-refractivity contribution in [1.29, 1.82) is 0 Å². The Morgan fingerprint density at radius 3 is 2.65 bits per heavy atom. The molecular formula is C15H13Cl2N3. The van der Waals surface area contributed by atoms with Crippen LogP contribution in [0.25, 0.3) is 16.9 Å². The van der Waals surface area contributed by atoms with Gasteiger partial charge in [0, 0.05) is 6.20 Å². The van der Waals surface area contributed by atoms with Crippen LogP contribution in [0.5, 0.6) is 0 Å². The zero-order valence-electron chi connectivity index (χ0n) is 11.2. The Bertz CT molecular complexity index is 773. The minimum absolute atomic E-state index is 0.306. The van der Waals surface area contributed by atoms with Crippen LogP contribution < -0.4 is 0 Å². The van der Waals surface area contributed by atoms with Crippen molar-refractivity contribution in [3.05, 3.63) is 52.4 Å². The van der Waals surface area contributed by atoms with Crippen LogP contribution in [-0.2, 0) is 5.88 Å². The van der Waals surface area contributed by atoms with E-state index >= 15 is 0 Å². The normalized spacial score (nSPS) is 11.2. The lowest BCUT2D eigenvalue weighted by Crippen LogP contribution is -2.03. The molecule has 0 spiro atoms. The van der Waals surface area contributed by atoms with E-state index in [1.165, 1.54) is 0 Å². The molecule has 0 amide bonds. The number of para-hydroxylation sites is 1. The lowest BCUT2D eigenvalue weighted by molar-refractivity contribution is 0.961. The van der Waals surface area contributed by atoms with Crippen molar-refractivity contribution < 1.29 is 0 Å². The second-order valence-corrected chi connectivity index (χ2v) is 5.38. The average molecular weight is 306 g/mol. The molecule has 0 saturated heterocycles. The molecule has 0 saturated carbocycles. The summed E-state index contributed by atoms with van der Waals surface area (Å²) in [7, 11) is 0. The summed E-state index contributed by atoms with van der Waals surface area (Å²) in [4.78, 5) is 9.05. The summed E-state index contributed by atoms with van der Waals surface area (Å²) in [6.45, 7) is 4.03. The van der Waals surface area contributed by atoms with Gasteiger partial charge in [-0.15, -0.1) is 11.6 Å². The molecule has 0 radical (unpaired) electrons. The fraction of sp³-hybridized carbons (Fsp3) is 0.200. The van der Waals surface area contributed by atoms with E-state index in [0.717, 1.165) is 33.8 Å². The van der Waals surface area contributed by atoms with Crippen molar-refractivity contribution in [2.45, 2.75) is 19.7 Å². The maximum Gasteiger partial charge on any atom is 0.165 e. The minimum atomic E-state index is 0.306. The molecule has 5 heteroatoms. The Labute approximate surface area is 127 Å². The third-order valence-corrected chi connectivity index (χ3v) is 3.89. The van der Waals surface area contributed by atoms with Gasteiger partial charge in [-0.2, -0.15) is 0 Å². The smallest absolute Gasteiger partial charge is 0.165 e. The first-order valence-corrected chi connectivity index (χ1v) is 7.19. The van der Waals surface area contributed by atoms with Crippen molar-refractivity contribution in [3.63, 3.8) is 0 Å². The van der Waals surface area contributed by atoms with Crippen molar-refractivity contribution >= 4 is 34.4 Å². The predicted octanol–water partition coefficient (Wildman–Crippen LogP) is 4.43. The fourth-order valence-corrected chi connectivity index (χ4v) is 2.86. The van der Waals surface area contributed by atoms with Gasteiger partial charge in [-0.3, -0.25) is 4.57 Å². The van der Waals surface area contributed by atoms with E-state index in [1.54, 1.807) is 6.20 Å². The lowest BCUT2D eigenvalue weighted by Gasteiger charge is -2.12. The van der Waals surface area contributed by atoms with E-state index in [2.05, 4.69) is 9.97 Å². The number of pyridine rings is 1. The van der Waals surface area contributed by atoms with Gasteiger partial charge in [0.05, 0.1) is 16.6 Å². The average Bonchev–Trinajstić information content (AvgIpc) is 2.79. The molecule has 20 heavy (non-hydrogen) atoms. The van der Waals surface area contributed by atoms with Crippen LogP contribution in [-0.4, -0.2) is 14.5 Å². The molecule has 2 heterocycles. The predicted molar refractivity (Wildman–Crippen MR) is 82.9 cm³/mol. The first-order valence-electron chi connectivity index (χ1n) is 6.28. The zero-order valence-corrected chi connectivity index (χ0v) is 12.7. The van der Waals surface area contributed by atoms with E-state index in [-0.39, 0.29) is 0 Å². The third-order valence-electron chi connectivity index (χ3n) is 3.35. The highest BCUT2D eigenvalue weighted by Crippen LogP contribution is 2.30. The highest BCUT2D eigenvalue weighted by Gasteiger charge is 2.17. The summed E-state index contributed by atoms with van der Waals surface area (Å²) >= 11 is 12.4. The molecular weight excluding hydrogens is 293 g/mol. The first kappa shape index (κ1) is 13.4. The second kappa shape index (κ2) is 5.08. The van der Waals surface area contributed by atoms with E-state index in [0.29, 0.717) is 10.9 Å². The Morgan fingerprint density at radius 2 is 1.95 bits per heavy atom. The number of alkyl halides is 1. The quantitative estimate of drug-likeness (QED) is 0.656. The topological polar surface area (TPSA) is 30.7 Å². The molecule has 102 valence electrons. The van der Waals surface area contributed by atoms with E-state index in [4.69, 9.17) is 23.2 Å². The molecule has 1 aromatic carbocycles. The zero-order chi connectivity index (χ0) is 14.3. The van der Waals surface area contributed by atoms with Gasteiger partial charge in [0.1, 0.15) is 11.3 Å². The number of nitrogens with zero attached hydrogens (tertiary/aromatic N) is 3. The number of aromatic nitrogens is 3. The van der Waals surface area contributed by atoms with Gasteiger partial charge in [0.25, 0.3) is 0 Å². The van der Waals surface area contributed by atoms with Crippen molar-refractivity contribution in [2.75, 3.05) is 0 Å². The van der Waals surface area contributed by atoms with Gasteiger partial charge >= 0.3 is 0 Å². The number of hydrogen-bond acceptors (Lipinski definition) is 2. The first-order chi connectivity index (χ1) is 9.63. The summed E-state index contributed by atoms with van der Waals surface area (Å²) in [5, 5.41) is 0.666. The van der Waals surface area contributed by atoms with Gasteiger partial charge in [0.15, 0.2) is 5.65 Å². The number of benzene rings is 1. The van der Waals surface area contributed by atoms with E-state index in [1.807, 2.05) is 42.7 Å². The van der Waals surface area contributed by atoms with Gasteiger partial charge in [-0.1, -0.05) is 23.7 Å². The van der Waals surface area contributed by atoms with E-state index < -0.39 is 0 Å². The molecule has 2 aromatic heterocycles. The number of rotatable bonds is 2. The van der Waals surface area contributed by atoms with Crippen LogP contribution in [0.1, 0.15) is 17.0 Å². The summed E-state index contributed by atoms with van der Waals surface area (Å²) in [6, 6.07) is 7.75. The van der Waals surface area contributed by atoms with Crippen LogP contribution in [0.2, 0.25) is 5.02 Å². The van der Waals surface area contributed by atoms with Crippen LogP contribution >= 0.6 is 23.2 Å². The summed E-state index contributed by atoms with van der Waals surface area (Å²) in [5.41, 5.74) is 4.68. The molecule has 0 atom stereocenters. The Kier molecular flexibility index (Phi) is 3.40. The maximum absolute atomic E-state index is 6.37. The Balaban J connectivity index is 2.44. The second-order valence-electron chi connectivity index (χ2n) is 4.70. The summed E-state index contributed by atoms with van der Waals surface area (Å²) in [6.07, 6.45) is 1.78. The number of halogens is 2. The number of imidazole rings is 1. The highest BCUT2D eigenvalue weighted by atomic mass is 35.5. The SMILES string of the molecule is Cc1cccc(Cl)c1-n1c(CCl)nc2c(C)ccnc21. The standard InChI is InChI=1S/C15H13Cl2N3/c1-9-6-7-18-15-13(9)19-12(8-16)20(15)14-10(2)4-3-5-11(14)17/h3-7H,8H2,1-2H3. The van der Waals surface area contributed by atoms with Gasteiger partial charge in [-0.25, -0.2) is 9.97 Å². The van der Waals surface area contributed by atoms with Crippen LogP contribution in [0, 0.1) is 13.8 Å². The molecule has 0 N–H and O–H groups in total. The van der Waals surface area contributed by atoms with Crippen LogP contribution in [0.3, 0.4) is 0 Å². The van der Waals surface area contributed by atoms with Gasteiger partial charge in [0.2, 0.25) is 0 Å². The Morgan fingerprint density at radius 1 is 1.15 bits per heavy atom. The molecule has 0 unspecified atom stereocenters. The minimum Gasteiger partial charge on any atom is -0.278 e. The number of aryl methyl sites for hydroxylation is 2. The molecule has 0 aliphatic carbocycles. The van der Waals surface area contributed by atoms with Crippen molar-refractivity contribution in [3.8, 4) is 5.69 Å². The van der Waals surface area contributed by atoms with Crippen LogP contribution in [0.15, 0.2) is 30.5 Å². The third kappa shape index (κ3) is 1.98. The van der Waals surface area contributed by atoms with Crippen LogP contribution in [0.4, 0.5) is 0 Å². The fourth-order valence-electron chi connectivity index (χ4n) is 2.37. The van der Waals surface area contributed by atoms with E-state index in [9.17, 15) is 0 Å². The maximum atomic E-state index is 6.37. The number of hydrogen-bond donors (Lipinski definition) is 0. The Hall–Kier alpha value is -1.58. The summed E-state index contributed by atoms with van der Waals surface area (Å²) < 4.78 is 1.95. The van der Waals surface area contributed by atoms with Crippen molar-refractivity contribution in [1.82, 2.24) is 14.5 Å². The summed E-state index contributed by atoms with van der Waals surface area (Å²) in [5.74, 6) is 1.06. The van der Waals surface area contributed by atoms with Gasteiger partial charge in [-0.05, 0) is 37.1 Å². The largest absolute Gasteiger partial charge is 0.278 e. The molecule has 0 bridgehead atoms. The highest BCUT2D eigenvalue weighted by molar-refractivity contribution is 6.32. The lowest BCUT2D eigenvalue weighted by atomic mass is 10.2. The molecule has 3 nitrogen and oxygen atoms in total. The number of fused-ring (bicyclic) bond motifs is 1. The molecule has 0 aliphatic rings.